The fourth-order valence-corrected chi connectivity index (χ4v) is 18.8. The van der Waals surface area contributed by atoms with Crippen molar-refractivity contribution in [1.82, 2.24) is 59.5 Å². The van der Waals surface area contributed by atoms with Crippen LogP contribution >= 0.6 is 23.2 Å². The van der Waals surface area contributed by atoms with Crippen molar-refractivity contribution in [2.75, 3.05) is 181 Å². The summed E-state index contributed by atoms with van der Waals surface area (Å²) in [7, 11) is 3.63. The van der Waals surface area contributed by atoms with E-state index in [1.807, 2.05) is 138 Å². The topological polar surface area (TPSA) is 264 Å². The Bertz CT molecular complexity index is 6540. The molecule has 139 heavy (non-hydrogen) atoms. The summed E-state index contributed by atoms with van der Waals surface area (Å²) in [4.78, 5) is 56.3. The van der Waals surface area contributed by atoms with Gasteiger partial charge >= 0.3 is 0 Å². The number of para-hydroxylation sites is 1. The number of nitrogens with one attached hydrogen (secondary N) is 4. The first-order valence-electron chi connectivity index (χ1n) is 47.6. The summed E-state index contributed by atoms with van der Waals surface area (Å²) < 4.78 is 74.7. The highest BCUT2D eigenvalue weighted by molar-refractivity contribution is 7.92. The van der Waals surface area contributed by atoms with Gasteiger partial charge in [0.15, 0.2) is 19.7 Å². The van der Waals surface area contributed by atoms with Gasteiger partial charge < -0.3 is 69.9 Å². The SMILES string of the molecule is COc1cc(Cc2nc(Nc3ccc(N4CCN(C)CC4)cc3)nc3ccccc23)ccc1Cl.Cc1cnc(Nc2ccc(N3CCN(C)CC3)cc2)nc1Cc1ccc(Cl)c(OC(C)C)c1.Cc1cnc(Nc2ccc(N3CCN(C)CC3)cc2)nc1Cc1ccc(F)c(CS(=O)(=O)C(C)(C)C)c1.Cc1cnc(Nc2ccc(N3CCN(C)CC3)cc2)nc1Cc1cccc(CS(=O)(=O)C(C)C)c1. The van der Waals surface area contributed by atoms with Gasteiger partial charge in [0.05, 0.1) is 73.1 Å². The zero-order valence-electron chi connectivity index (χ0n) is 82.6. The van der Waals surface area contributed by atoms with Gasteiger partial charge in [-0.3, -0.25) is 0 Å². The molecule has 9 aromatic carbocycles. The molecule has 26 nitrogen and oxygen atoms in total. The molecule has 0 saturated carbocycles. The van der Waals surface area contributed by atoms with Crippen LogP contribution in [0.25, 0.3) is 10.9 Å². The number of nitrogens with zero attached hydrogens (tertiary/aromatic N) is 16. The molecule has 0 bridgehead atoms. The number of fused-ring (bicyclic) bond motifs is 1. The number of anilines is 12. The monoisotopic (exact) mass is 1960 g/mol. The lowest BCUT2D eigenvalue weighted by atomic mass is 10.0. The molecule has 732 valence electrons. The lowest BCUT2D eigenvalue weighted by Gasteiger charge is -2.34. The predicted octanol–water partition coefficient (Wildman–Crippen LogP) is 19.6. The third-order valence-electron chi connectivity index (χ3n) is 25.4. The summed E-state index contributed by atoms with van der Waals surface area (Å²) in [6, 6.07) is 65.9. The van der Waals surface area contributed by atoms with Crippen LogP contribution in [0.3, 0.4) is 0 Å². The summed E-state index contributed by atoms with van der Waals surface area (Å²) in [5, 5.41) is 15.2. The highest BCUT2D eigenvalue weighted by Crippen LogP contribution is 2.35. The Balaban J connectivity index is 0.000000148. The van der Waals surface area contributed by atoms with E-state index in [4.69, 9.17) is 57.6 Å². The molecule has 17 rings (SSSR count). The Kier molecular flexibility index (Phi) is 34.9. The van der Waals surface area contributed by atoms with Gasteiger partial charge in [0.2, 0.25) is 23.8 Å². The molecular weight excluding hydrogens is 1830 g/mol. The molecule has 4 fully saturated rings. The Morgan fingerprint density at radius 3 is 1.12 bits per heavy atom. The Morgan fingerprint density at radius 2 is 0.734 bits per heavy atom. The van der Waals surface area contributed by atoms with Crippen molar-refractivity contribution < 1.29 is 30.7 Å². The molecule has 0 radical (unpaired) electrons. The highest BCUT2D eigenvalue weighted by Gasteiger charge is 2.31. The number of halogens is 3. The normalized spacial score (nSPS) is 14.8. The van der Waals surface area contributed by atoms with Crippen LogP contribution in [-0.4, -0.2) is 232 Å². The van der Waals surface area contributed by atoms with Crippen LogP contribution in [0, 0.1) is 26.6 Å². The maximum Gasteiger partial charge on any atom is 0.228 e. The first-order valence-corrected chi connectivity index (χ1v) is 51.7. The minimum Gasteiger partial charge on any atom is -0.495 e. The van der Waals surface area contributed by atoms with Crippen molar-refractivity contribution in [3.63, 3.8) is 0 Å². The van der Waals surface area contributed by atoms with Gasteiger partial charge in [-0.25, -0.2) is 61.1 Å². The molecular formula is C108H131Cl2FN20O6S2. The van der Waals surface area contributed by atoms with Crippen LogP contribution in [0.4, 0.5) is 73.7 Å². The zero-order valence-corrected chi connectivity index (χ0v) is 85.7. The highest BCUT2D eigenvalue weighted by atomic mass is 35.5. The van der Waals surface area contributed by atoms with E-state index in [2.05, 4.69) is 195 Å². The van der Waals surface area contributed by atoms with Crippen LogP contribution < -0.4 is 50.3 Å². The number of aromatic nitrogens is 8. The number of rotatable bonds is 28. The lowest BCUT2D eigenvalue weighted by molar-refractivity contribution is 0.242. The minimum atomic E-state index is -3.51. The summed E-state index contributed by atoms with van der Waals surface area (Å²) in [5.41, 5.74) is 21.2. The predicted molar refractivity (Wildman–Crippen MR) is 567 cm³/mol. The van der Waals surface area contributed by atoms with Crippen molar-refractivity contribution in [3.8, 4) is 11.5 Å². The van der Waals surface area contributed by atoms with E-state index in [-0.39, 0.29) is 28.4 Å². The summed E-state index contributed by atoms with van der Waals surface area (Å²) >= 11 is 12.5. The van der Waals surface area contributed by atoms with Gasteiger partial charge in [-0.1, -0.05) is 89.9 Å². The second-order valence-electron chi connectivity index (χ2n) is 37.9. The van der Waals surface area contributed by atoms with Crippen molar-refractivity contribution in [1.29, 1.82) is 0 Å². The van der Waals surface area contributed by atoms with Crippen LogP contribution in [0.15, 0.2) is 219 Å². The minimum absolute atomic E-state index is 0.0538. The number of aryl methyl sites for hydroxylation is 3. The fourth-order valence-electron chi connectivity index (χ4n) is 16.4. The standard InChI is InChI=1S/C28H36FN5O2S.C27H28ClN5O.C27H35N5O2S.C26H32ClN5O/c1-20-18-30-27(31-23-7-9-24(10-8-23)34-14-12-33(5)13-15-34)32-26(20)17-21-6-11-25(29)22(16-21)19-37(35,36)28(2,3)4;1-32-13-15-33(16-14-32)21-10-8-20(9-11-21)29-27-30-24-6-4-3-5-22(24)25(31-27)17-19-7-12-23(28)26(18-19)34-2;1-20(2)35(33,34)19-23-7-5-6-22(16-23)17-26-21(3)18-28-27(30-26)29-24-8-10-25(11-9-24)32-14-12-31(4)13-15-32;1-18(2)33-25-16-20(5-10-23(25)27)15-24-19(3)17-28-26(30-24)29-21-6-8-22(9-7-21)32-13-11-31(4)12-14-32/h6-11,16,18H,12-15,17,19H2,1-5H3,(H,30,31,32);3-12,18H,13-17H2,1-2H3,(H,29,30,31);5-11,16,18,20H,12-15,17,19H2,1-4H3,(H,28,29,30);5-10,16-18H,11-15H2,1-4H3,(H,28,29,30). The average Bonchev–Trinajstić information content (AvgIpc) is 0.815. The van der Waals surface area contributed by atoms with Gasteiger partial charge in [-0.15, -0.1) is 0 Å². The molecule has 4 aliphatic rings. The molecule has 0 atom stereocenters. The number of likely N-dealkylation sites (N-methyl/N-ethyl adjacent to an activating group) is 4. The van der Waals surface area contributed by atoms with Crippen LogP contribution in [-0.2, 0) is 56.9 Å². The molecule has 0 unspecified atom stereocenters. The van der Waals surface area contributed by atoms with E-state index in [0.717, 1.165) is 206 Å². The van der Waals surface area contributed by atoms with E-state index in [0.29, 0.717) is 71.0 Å². The van der Waals surface area contributed by atoms with E-state index >= 15 is 0 Å². The Hall–Kier alpha value is -12.2. The Morgan fingerprint density at radius 1 is 0.388 bits per heavy atom. The second kappa shape index (κ2) is 47.2. The molecule has 0 spiro atoms. The average molecular weight is 1960 g/mol. The van der Waals surface area contributed by atoms with Gasteiger partial charge in [0, 0.05) is 205 Å². The van der Waals surface area contributed by atoms with Gasteiger partial charge in [0.25, 0.3) is 0 Å². The number of piperazine rings is 4. The fraction of sp³-hybridized carbons (Fsp3) is 0.370. The maximum atomic E-state index is 14.5. The van der Waals surface area contributed by atoms with E-state index in [1.165, 1.54) is 28.8 Å². The first kappa shape index (κ1) is 103. The summed E-state index contributed by atoms with van der Waals surface area (Å²) in [5.74, 6) is 2.78. The van der Waals surface area contributed by atoms with E-state index < -0.39 is 30.2 Å². The molecule has 0 aliphatic carbocycles. The van der Waals surface area contributed by atoms with Crippen LogP contribution in [0.5, 0.6) is 11.5 Å². The smallest absolute Gasteiger partial charge is 0.228 e. The van der Waals surface area contributed by atoms with Crippen LogP contribution in [0.1, 0.15) is 121 Å². The number of sulfone groups is 2. The number of methoxy groups -OCH3 is 1. The molecule has 4 aliphatic heterocycles. The first-order chi connectivity index (χ1) is 66.6. The van der Waals surface area contributed by atoms with Crippen molar-refractivity contribution in [2.45, 2.75) is 123 Å². The molecule has 4 N–H and O–H groups in total. The van der Waals surface area contributed by atoms with Gasteiger partial charge in [-0.05, 0) is 275 Å². The number of hydrogen-bond acceptors (Lipinski definition) is 26. The Labute approximate surface area is 830 Å². The third-order valence-corrected chi connectivity index (χ3v) is 30.8. The van der Waals surface area contributed by atoms with Gasteiger partial charge in [-0.2, -0.15) is 0 Å². The molecule has 4 saturated heterocycles. The van der Waals surface area contributed by atoms with E-state index in [9.17, 15) is 21.2 Å². The number of hydrogen-bond donors (Lipinski definition) is 4. The van der Waals surface area contributed by atoms with Crippen molar-refractivity contribution in [2.24, 2.45) is 0 Å². The van der Waals surface area contributed by atoms with Crippen molar-refractivity contribution >= 4 is 123 Å². The maximum absolute atomic E-state index is 14.5. The van der Waals surface area contributed by atoms with Gasteiger partial charge in [0.1, 0.15) is 17.3 Å². The number of benzene rings is 9. The number of ether oxygens (including phenoxy) is 2. The molecule has 13 aromatic rings. The lowest BCUT2D eigenvalue weighted by Crippen LogP contribution is -2.44. The molecule has 8 heterocycles. The zero-order chi connectivity index (χ0) is 98.7. The quantitative estimate of drug-likeness (QED) is 0.0355. The van der Waals surface area contributed by atoms with Crippen LogP contribution in [0.2, 0.25) is 10.0 Å². The molecule has 4 aromatic heterocycles. The molecule has 0 amide bonds. The summed E-state index contributed by atoms with van der Waals surface area (Å²) in [6.07, 6.45) is 7.90. The second-order valence-corrected chi connectivity index (χ2v) is 44.0. The molecule has 31 heteroatoms. The largest absolute Gasteiger partial charge is 0.495 e. The third kappa shape index (κ3) is 29.0. The van der Waals surface area contributed by atoms with Crippen molar-refractivity contribution in [3.05, 3.63) is 307 Å². The van der Waals surface area contributed by atoms with E-state index in [1.54, 1.807) is 60.1 Å². The summed E-state index contributed by atoms with van der Waals surface area (Å²) in [6.45, 7) is 35.2.